The van der Waals surface area contributed by atoms with Crippen LogP contribution in [0.1, 0.15) is 36.3 Å². The Morgan fingerprint density at radius 3 is 2.74 bits per heavy atom. The lowest BCUT2D eigenvalue weighted by molar-refractivity contribution is -0.112. The molecule has 2 atom stereocenters. The molecule has 0 saturated heterocycles. The van der Waals surface area contributed by atoms with Gasteiger partial charge in [-0.2, -0.15) is 5.26 Å². The third kappa shape index (κ3) is 3.35. The Labute approximate surface area is 135 Å². The Kier molecular flexibility index (Phi) is 4.03. The van der Waals surface area contributed by atoms with E-state index in [4.69, 9.17) is 4.42 Å². The number of carbonyl (C=O) groups is 1. The van der Waals surface area contributed by atoms with Crippen LogP contribution >= 0.6 is 0 Å². The van der Waals surface area contributed by atoms with Gasteiger partial charge in [-0.25, -0.2) is 0 Å². The van der Waals surface area contributed by atoms with Crippen molar-refractivity contribution >= 4 is 17.7 Å². The zero-order valence-electron chi connectivity index (χ0n) is 13.2. The Hall–Kier alpha value is -2.80. The van der Waals surface area contributed by atoms with E-state index in [2.05, 4.69) is 12.2 Å². The summed E-state index contributed by atoms with van der Waals surface area (Å²) in [6.45, 7) is 4.08. The number of anilines is 1. The Bertz CT molecular complexity index is 811. The first-order chi connectivity index (χ1) is 11.1. The highest BCUT2D eigenvalue weighted by Gasteiger charge is 2.36. The molecule has 1 heterocycles. The minimum atomic E-state index is -0.431. The molecular weight excluding hydrogens is 288 g/mol. The van der Waals surface area contributed by atoms with E-state index in [1.165, 1.54) is 6.08 Å². The maximum Gasteiger partial charge on any atom is 0.266 e. The molecule has 1 aliphatic carbocycles. The highest BCUT2D eigenvalue weighted by molar-refractivity contribution is 6.09. The molecule has 116 valence electrons. The van der Waals surface area contributed by atoms with Crippen LogP contribution in [-0.2, 0) is 4.79 Å². The summed E-state index contributed by atoms with van der Waals surface area (Å²) < 4.78 is 5.73. The zero-order valence-corrected chi connectivity index (χ0v) is 13.2. The lowest BCUT2D eigenvalue weighted by atomic mass is 10.1. The molecule has 4 heteroatoms. The SMILES string of the molecule is Cc1ccccc1NC(=O)/C(C#N)=C/c1ccc([C@@H]2C[C@@H]2C)o1. The molecule has 1 N–H and O–H groups in total. The second-order valence-corrected chi connectivity index (χ2v) is 6.00. The van der Waals surface area contributed by atoms with Crippen LogP contribution in [0.2, 0.25) is 0 Å². The Morgan fingerprint density at radius 1 is 1.35 bits per heavy atom. The Balaban J connectivity index is 1.76. The number of hydrogen-bond donors (Lipinski definition) is 1. The fraction of sp³-hybridized carbons (Fsp3) is 0.263. The first kappa shape index (κ1) is 15.1. The second kappa shape index (κ2) is 6.13. The molecule has 1 aliphatic rings. The third-order valence-corrected chi connectivity index (χ3v) is 4.17. The molecule has 1 amide bonds. The van der Waals surface area contributed by atoms with E-state index < -0.39 is 5.91 Å². The van der Waals surface area contributed by atoms with Crippen molar-refractivity contribution in [3.05, 3.63) is 59.1 Å². The molecule has 1 aromatic carbocycles. The Morgan fingerprint density at radius 2 is 2.09 bits per heavy atom. The molecule has 0 aliphatic heterocycles. The molecule has 0 spiro atoms. The molecule has 2 aromatic rings. The number of benzene rings is 1. The van der Waals surface area contributed by atoms with Gasteiger partial charge < -0.3 is 9.73 Å². The van der Waals surface area contributed by atoms with Gasteiger partial charge in [0.15, 0.2) is 0 Å². The summed E-state index contributed by atoms with van der Waals surface area (Å²) >= 11 is 0. The molecule has 3 rings (SSSR count). The largest absolute Gasteiger partial charge is 0.461 e. The summed E-state index contributed by atoms with van der Waals surface area (Å²) in [7, 11) is 0. The van der Waals surface area contributed by atoms with Crippen molar-refractivity contribution in [1.29, 1.82) is 5.26 Å². The number of nitriles is 1. The highest BCUT2D eigenvalue weighted by Crippen LogP contribution is 2.47. The summed E-state index contributed by atoms with van der Waals surface area (Å²) in [6.07, 6.45) is 2.62. The van der Waals surface area contributed by atoms with Gasteiger partial charge in [-0.15, -0.1) is 0 Å². The molecule has 0 bridgehead atoms. The second-order valence-electron chi connectivity index (χ2n) is 6.00. The maximum absolute atomic E-state index is 12.3. The fourth-order valence-corrected chi connectivity index (χ4v) is 2.56. The molecule has 4 nitrogen and oxygen atoms in total. The summed E-state index contributed by atoms with van der Waals surface area (Å²) in [5.41, 5.74) is 1.67. The van der Waals surface area contributed by atoms with Gasteiger partial charge >= 0.3 is 0 Å². The number of para-hydroxylation sites is 1. The van der Waals surface area contributed by atoms with Crippen LogP contribution in [0.5, 0.6) is 0 Å². The van der Waals surface area contributed by atoms with Gasteiger partial charge in [0.2, 0.25) is 0 Å². The predicted molar refractivity (Wildman–Crippen MR) is 88.6 cm³/mol. The minimum Gasteiger partial charge on any atom is -0.461 e. The number of rotatable bonds is 4. The maximum atomic E-state index is 12.3. The van der Waals surface area contributed by atoms with Crippen molar-refractivity contribution in [2.45, 2.75) is 26.2 Å². The molecule has 1 fully saturated rings. The number of furan rings is 1. The average molecular weight is 306 g/mol. The van der Waals surface area contributed by atoms with Gasteiger partial charge in [-0.05, 0) is 43.0 Å². The lowest BCUT2D eigenvalue weighted by Crippen LogP contribution is -2.14. The number of nitrogens with zero attached hydrogens (tertiary/aromatic N) is 1. The van der Waals surface area contributed by atoms with Gasteiger partial charge in [0.25, 0.3) is 5.91 Å². The van der Waals surface area contributed by atoms with Gasteiger partial charge in [-0.3, -0.25) is 4.79 Å². The van der Waals surface area contributed by atoms with Crippen molar-refractivity contribution in [1.82, 2.24) is 0 Å². The van der Waals surface area contributed by atoms with E-state index in [-0.39, 0.29) is 5.57 Å². The molecule has 23 heavy (non-hydrogen) atoms. The predicted octanol–water partition coefficient (Wildman–Crippen LogP) is 4.26. The first-order valence-electron chi connectivity index (χ1n) is 7.67. The number of nitrogens with one attached hydrogen (secondary N) is 1. The molecule has 1 saturated carbocycles. The van der Waals surface area contributed by atoms with Crippen LogP contribution in [-0.4, -0.2) is 5.91 Å². The average Bonchev–Trinajstić information content (AvgIpc) is 3.09. The summed E-state index contributed by atoms with van der Waals surface area (Å²) in [5.74, 6) is 2.16. The molecular formula is C19H18N2O2. The van der Waals surface area contributed by atoms with Crippen molar-refractivity contribution in [2.24, 2.45) is 5.92 Å². The molecule has 0 radical (unpaired) electrons. The van der Waals surface area contributed by atoms with Crippen LogP contribution < -0.4 is 5.32 Å². The molecule has 0 unspecified atom stereocenters. The summed E-state index contributed by atoms with van der Waals surface area (Å²) in [5, 5.41) is 12.0. The van der Waals surface area contributed by atoms with E-state index in [0.29, 0.717) is 23.3 Å². The van der Waals surface area contributed by atoms with E-state index in [0.717, 1.165) is 17.7 Å². The zero-order chi connectivity index (χ0) is 16.4. The van der Waals surface area contributed by atoms with E-state index in [1.807, 2.05) is 43.3 Å². The minimum absolute atomic E-state index is 0.0259. The first-order valence-corrected chi connectivity index (χ1v) is 7.67. The smallest absolute Gasteiger partial charge is 0.266 e. The van der Waals surface area contributed by atoms with Crippen molar-refractivity contribution in [3.63, 3.8) is 0 Å². The van der Waals surface area contributed by atoms with E-state index in [1.54, 1.807) is 6.07 Å². The molecule has 1 aromatic heterocycles. The van der Waals surface area contributed by atoms with Crippen LogP contribution in [0, 0.1) is 24.2 Å². The topological polar surface area (TPSA) is 66.0 Å². The van der Waals surface area contributed by atoms with Crippen molar-refractivity contribution in [3.8, 4) is 6.07 Å². The normalized spacial score (nSPS) is 20.0. The lowest BCUT2D eigenvalue weighted by Gasteiger charge is -2.06. The van der Waals surface area contributed by atoms with Gasteiger partial charge in [-0.1, -0.05) is 25.1 Å². The van der Waals surface area contributed by atoms with E-state index >= 15 is 0 Å². The van der Waals surface area contributed by atoms with Crippen molar-refractivity contribution < 1.29 is 9.21 Å². The van der Waals surface area contributed by atoms with Crippen LogP contribution in [0.25, 0.3) is 6.08 Å². The highest BCUT2D eigenvalue weighted by atomic mass is 16.3. The quantitative estimate of drug-likeness (QED) is 0.678. The van der Waals surface area contributed by atoms with Crippen LogP contribution in [0.3, 0.4) is 0 Å². The van der Waals surface area contributed by atoms with Crippen molar-refractivity contribution in [2.75, 3.05) is 5.32 Å². The van der Waals surface area contributed by atoms with Gasteiger partial charge in [0, 0.05) is 17.7 Å². The summed E-state index contributed by atoms with van der Waals surface area (Å²) in [4.78, 5) is 12.3. The monoisotopic (exact) mass is 306 g/mol. The van der Waals surface area contributed by atoms with E-state index in [9.17, 15) is 10.1 Å². The summed E-state index contributed by atoms with van der Waals surface area (Å²) in [6, 6.07) is 13.1. The van der Waals surface area contributed by atoms with Gasteiger partial charge in [0.05, 0.1) is 0 Å². The number of amides is 1. The number of hydrogen-bond acceptors (Lipinski definition) is 3. The van der Waals surface area contributed by atoms with Gasteiger partial charge in [0.1, 0.15) is 23.2 Å². The number of carbonyl (C=O) groups excluding carboxylic acids is 1. The third-order valence-electron chi connectivity index (χ3n) is 4.17. The van der Waals surface area contributed by atoms with Crippen LogP contribution in [0.4, 0.5) is 5.69 Å². The van der Waals surface area contributed by atoms with Crippen LogP contribution in [0.15, 0.2) is 46.4 Å². The number of aryl methyl sites for hydroxylation is 1. The fourth-order valence-electron chi connectivity index (χ4n) is 2.56. The standard InChI is InChI=1S/C19H18N2O2/c1-12-5-3-4-6-17(12)21-19(22)14(11-20)10-15-7-8-18(23-15)16-9-13(16)2/h3-8,10,13,16H,9H2,1-2H3,(H,21,22)/b14-10+/t13-,16+/m0/s1.